The number of carbonyl (C=O) groups is 1. The molecular formula is C25H36N2O4. The van der Waals surface area contributed by atoms with Gasteiger partial charge in [-0.2, -0.15) is 0 Å². The van der Waals surface area contributed by atoms with Crippen LogP contribution in [0.3, 0.4) is 0 Å². The van der Waals surface area contributed by atoms with Gasteiger partial charge in [0.05, 0.1) is 12.2 Å². The third-order valence-corrected chi connectivity index (χ3v) is 5.25. The number of ether oxygens (including phenoxy) is 1. The number of hydrogen-bond donors (Lipinski definition) is 4. The molecule has 170 valence electrons. The van der Waals surface area contributed by atoms with Crippen LogP contribution in [0.2, 0.25) is 0 Å². The van der Waals surface area contributed by atoms with Crippen molar-refractivity contribution in [2.75, 3.05) is 0 Å². The number of aryl methyl sites for hydroxylation is 1. The zero-order valence-electron chi connectivity index (χ0n) is 18.7. The molecule has 0 fully saturated rings. The van der Waals surface area contributed by atoms with Crippen molar-refractivity contribution in [2.24, 2.45) is 11.5 Å². The molecule has 4 atom stereocenters. The Balaban J connectivity index is 2.13. The van der Waals surface area contributed by atoms with Crippen LogP contribution in [0.5, 0.6) is 0 Å². The number of aliphatic hydroxyl groups excluding tert-OH is 2. The molecule has 2 aromatic rings. The quantitative estimate of drug-likeness (QED) is 0.432. The predicted octanol–water partition coefficient (Wildman–Crippen LogP) is 2.86. The van der Waals surface area contributed by atoms with Gasteiger partial charge in [-0.3, -0.25) is 0 Å². The maximum atomic E-state index is 13.0. The maximum absolute atomic E-state index is 13.0. The van der Waals surface area contributed by atoms with E-state index in [1.165, 1.54) is 0 Å². The summed E-state index contributed by atoms with van der Waals surface area (Å²) in [4.78, 5) is 13.0. The van der Waals surface area contributed by atoms with Crippen LogP contribution in [0.25, 0.3) is 0 Å². The third-order valence-electron chi connectivity index (χ3n) is 5.25. The Morgan fingerprint density at radius 1 is 1.00 bits per heavy atom. The summed E-state index contributed by atoms with van der Waals surface area (Å²) in [5, 5.41) is 21.6. The monoisotopic (exact) mass is 428 g/mol. The molecule has 0 saturated carbocycles. The highest BCUT2D eigenvalue weighted by atomic mass is 16.6. The third kappa shape index (κ3) is 7.74. The molecule has 2 rings (SSSR count). The van der Waals surface area contributed by atoms with E-state index in [-0.39, 0.29) is 19.3 Å². The Kier molecular flexibility index (Phi) is 8.77. The normalized spacial score (nSPS) is 16.7. The lowest BCUT2D eigenvalue weighted by molar-refractivity contribution is -0.168. The Morgan fingerprint density at radius 3 is 2.10 bits per heavy atom. The Bertz CT molecular complexity index is 807. The molecule has 0 aliphatic heterocycles. The number of benzene rings is 2. The van der Waals surface area contributed by atoms with Gasteiger partial charge in [0.2, 0.25) is 0 Å². The topological polar surface area (TPSA) is 119 Å². The van der Waals surface area contributed by atoms with Gasteiger partial charge in [0.25, 0.3) is 0 Å². The van der Waals surface area contributed by atoms with E-state index in [9.17, 15) is 15.0 Å². The molecule has 6 heteroatoms. The highest BCUT2D eigenvalue weighted by molar-refractivity contribution is 5.82. The standard InChI is InChI=1S/C25H36N2O4/c1-24(2,3)31-23(30)25(27,22(29)15-14-18-10-6-4-7-11-18)17-20(28)16-21(26)19-12-8-5-9-13-19/h4-13,20-22,28-29H,14-17,26-27H2,1-3H3. The van der Waals surface area contributed by atoms with Crippen molar-refractivity contribution in [1.29, 1.82) is 0 Å². The summed E-state index contributed by atoms with van der Waals surface area (Å²) in [7, 11) is 0. The lowest BCUT2D eigenvalue weighted by atomic mass is 9.82. The number of rotatable bonds is 10. The number of esters is 1. The molecule has 6 N–H and O–H groups in total. The first-order chi connectivity index (χ1) is 14.5. The molecule has 4 unspecified atom stereocenters. The molecule has 6 nitrogen and oxygen atoms in total. The highest BCUT2D eigenvalue weighted by Crippen LogP contribution is 2.27. The van der Waals surface area contributed by atoms with Crippen LogP contribution in [0.1, 0.15) is 57.2 Å². The predicted molar refractivity (Wildman–Crippen MR) is 122 cm³/mol. The first kappa shape index (κ1) is 25.0. The largest absolute Gasteiger partial charge is 0.459 e. The molecule has 0 bridgehead atoms. The first-order valence-electron chi connectivity index (χ1n) is 10.7. The summed E-state index contributed by atoms with van der Waals surface area (Å²) in [6, 6.07) is 18.7. The van der Waals surface area contributed by atoms with Crippen molar-refractivity contribution in [2.45, 2.75) is 75.8 Å². The molecular weight excluding hydrogens is 392 g/mol. The SMILES string of the molecule is CC(C)(C)OC(=O)C(N)(CC(O)CC(N)c1ccccc1)C(O)CCc1ccccc1. The van der Waals surface area contributed by atoms with Crippen LogP contribution >= 0.6 is 0 Å². The maximum Gasteiger partial charge on any atom is 0.329 e. The van der Waals surface area contributed by atoms with Crippen molar-refractivity contribution >= 4 is 5.97 Å². The molecule has 2 aromatic carbocycles. The molecule has 0 aliphatic carbocycles. The van der Waals surface area contributed by atoms with E-state index < -0.39 is 35.4 Å². The second-order valence-electron chi connectivity index (χ2n) is 9.19. The van der Waals surface area contributed by atoms with Gasteiger partial charge < -0.3 is 26.4 Å². The van der Waals surface area contributed by atoms with Gasteiger partial charge in [-0.15, -0.1) is 0 Å². The van der Waals surface area contributed by atoms with Crippen LogP contribution in [0, 0.1) is 0 Å². The number of nitrogens with two attached hydrogens (primary N) is 2. The summed E-state index contributed by atoms with van der Waals surface area (Å²) in [5.41, 5.74) is 12.1. The zero-order valence-corrected chi connectivity index (χ0v) is 18.7. The molecule has 0 saturated heterocycles. The van der Waals surface area contributed by atoms with Crippen LogP contribution in [0.15, 0.2) is 60.7 Å². The minimum Gasteiger partial charge on any atom is -0.459 e. The fraction of sp³-hybridized carbons (Fsp3) is 0.480. The molecule has 0 amide bonds. The Labute approximate surface area is 185 Å². The van der Waals surface area contributed by atoms with E-state index in [0.717, 1.165) is 11.1 Å². The Hall–Kier alpha value is -2.25. The smallest absolute Gasteiger partial charge is 0.329 e. The number of carbonyl (C=O) groups excluding carboxylic acids is 1. The molecule has 31 heavy (non-hydrogen) atoms. The summed E-state index contributed by atoms with van der Waals surface area (Å²) >= 11 is 0. The second kappa shape index (κ2) is 10.9. The van der Waals surface area contributed by atoms with Crippen LogP contribution in [-0.2, 0) is 16.0 Å². The molecule has 0 spiro atoms. The summed E-state index contributed by atoms with van der Waals surface area (Å²) < 4.78 is 5.50. The first-order valence-corrected chi connectivity index (χ1v) is 10.7. The van der Waals surface area contributed by atoms with Gasteiger partial charge in [-0.05, 0) is 51.2 Å². The average molecular weight is 429 g/mol. The fourth-order valence-corrected chi connectivity index (χ4v) is 3.54. The van der Waals surface area contributed by atoms with Crippen LogP contribution < -0.4 is 11.5 Å². The van der Waals surface area contributed by atoms with Crippen molar-refractivity contribution in [3.63, 3.8) is 0 Å². The van der Waals surface area contributed by atoms with E-state index >= 15 is 0 Å². The summed E-state index contributed by atoms with van der Waals surface area (Å²) in [5.74, 6) is -0.729. The number of hydrogen-bond acceptors (Lipinski definition) is 6. The average Bonchev–Trinajstić information content (AvgIpc) is 2.71. The molecule has 0 aliphatic rings. The van der Waals surface area contributed by atoms with Crippen LogP contribution in [0.4, 0.5) is 0 Å². The number of aliphatic hydroxyl groups is 2. The van der Waals surface area contributed by atoms with E-state index in [1.54, 1.807) is 20.8 Å². The summed E-state index contributed by atoms with van der Waals surface area (Å²) in [6.45, 7) is 5.22. The van der Waals surface area contributed by atoms with Gasteiger partial charge in [0.15, 0.2) is 0 Å². The fourth-order valence-electron chi connectivity index (χ4n) is 3.54. The summed E-state index contributed by atoms with van der Waals surface area (Å²) in [6.07, 6.45) is -1.32. The van der Waals surface area contributed by atoms with E-state index in [4.69, 9.17) is 16.2 Å². The minimum atomic E-state index is -1.75. The molecule has 0 aromatic heterocycles. The van der Waals surface area contributed by atoms with Crippen molar-refractivity contribution < 1.29 is 19.7 Å². The van der Waals surface area contributed by atoms with Crippen molar-refractivity contribution in [3.8, 4) is 0 Å². The van der Waals surface area contributed by atoms with Gasteiger partial charge in [0.1, 0.15) is 11.1 Å². The lowest BCUT2D eigenvalue weighted by Crippen LogP contribution is -2.61. The van der Waals surface area contributed by atoms with Crippen molar-refractivity contribution in [1.82, 2.24) is 0 Å². The van der Waals surface area contributed by atoms with Gasteiger partial charge in [-0.25, -0.2) is 4.79 Å². The molecule has 0 radical (unpaired) electrons. The van der Waals surface area contributed by atoms with Gasteiger partial charge >= 0.3 is 5.97 Å². The van der Waals surface area contributed by atoms with E-state index in [0.29, 0.717) is 6.42 Å². The highest BCUT2D eigenvalue weighted by Gasteiger charge is 2.45. The van der Waals surface area contributed by atoms with Crippen molar-refractivity contribution in [3.05, 3.63) is 71.8 Å². The zero-order chi connectivity index (χ0) is 23.1. The second-order valence-corrected chi connectivity index (χ2v) is 9.19. The lowest BCUT2D eigenvalue weighted by Gasteiger charge is -2.36. The van der Waals surface area contributed by atoms with Gasteiger partial charge in [0, 0.05) is 12.5 Å². The minimum absolute atomic E-state index is 0.154. The van der Waals surface area contributed by atoms with E-state index in [1.807, 2.05) is 60.7 Å². The van der Waals surface area contributed by atoms with E-state index in [2.05, 4.69) is 0 Å². The Morgan fingerprint density at radius 2 is 1.55 bits per heavy atom. The molecule has 0 heterocycles. The van der Waals surface area contributed by atoms with Crippen LogP contribution in [-0.4, -0.2) is 39.5 Å². The van der Waals surface area contributed by atoms with Gasteiger partial charge in [-0.1, -0.05) is 60.7 Å².